The van der Waals surface area contributed by atoms with E-state index in [0.29, 0.717) is 5.02 Å². The van der Waals surface area contributed by atoms with Gasteiger partial charge >= 0.3 is 6.03 Å². The summed E-state index contributed by atoms with van der Waals surface area (Å²) in [5.74, 6) is 0. The highest BCUT2D eigenvalue weighted by Crippen LogP contribution is 2.18. The molecule has 0 saturated carbocycles. The van der Waals surface area contributed by atoms with Crippen LogP contribution in [0.4, 0.5) is 10.5 Å². The number of benzene rings is 1. The molecule has 0 radical (unpaired) electrons. The highest BCUT2D eigenvalue weighted by Gasteiger charge is 2.23. The van der Waals surface area contributed by atoms with Crippen LogP contribution in [0, 0.1) is 0 Å². The number of rotatable bonds is 1. The minimum Gasteiger partial charge on any atom is -0.325 e. The molecule has 1 aliphatic rings. The number of hydrogen-bond donors (Lipinski definition) is 1. The van der Waals surface area contributed by atoms with Crippen LogP contribution in [0.5, 0.6) is 0 Å². The van der Waals surface area contributed by atoms with Crippen LogP contribution in [0.2, 0.25) is 5.02 Å². The van der Waals surface area contributed by atoms with Crippen LogP contribution < -0.4 is 10.4 Å². The summed E-state index contributed by atoms with van der Waals surface area (Å²) in [5, 5.41) is 2.19. The SMILES string of the molecule is CN1CCNN(c2ccc(Cl)cc2)C1=O. The summed E-state index contributed by atoms with van der Waals surface area (Å²) in [7, 11) is 1.78. The molecule has 1 aromatic rings. The minimum absolute atomic E-state index is 0.0522. The molecular formula is C10H12ClN3O. The summed E-state index contributed by atoms with van der Waals surface area (Å²) in [6.45, 7) is 1.48. The molecule has 4 nitrogen and oxygen atoms in total. The van der Waals surface area contributed by atoms with E-state index in [9.17, 15) is 4.79 Å². The topological polar surface area (TPSA) is 35.6 Å². The highest BCUT2D eigenvalue weighted by molar-refractivity contribution is 6.30. The van der Waals surface area contributed by atoms with E-state index in [2.05, 4.69) is 5.43 Å². The number of amides is 2. The van der Waals surface area contributed by atoms with E-state index in [1.807, 2.05) is 12.1 Å². The lowest BCUT2D eigenvalue weighted by Crippen LogP contribution is -2.56. The zero-order valence-corrected chi connectivity index (χ0v) is 9.16. The van der Waals surface area contributed by atoms with Crippen LogP contribution >= 0.6 is 11.6 Å². The van der Waals surface area contributed by atoms with Gasteiger partial charge in [-0.1, -0.05) is 11.6 Å². The largest absolute Gasteiger partial charge is 0.338 e. The Morgan fingerprint density at radius 3 is 2.67 bits per heavy atom. The first kappa shape index (κ1) is 10.3. The van der Waals surface area contributed by atoms with Crippen molar-refractivity contribution < 1.29 is 4.79 Å². The van der Waals surface area contributed by atoms with Gasteiger partial charge in [0.05, 0.1) is 5.69 Å². The Labute approximate surface area is 93.4 Å². The Kier molecular flexibility index (Phi) is 2.79. The number of anilines is 1. The zero-order chi connectivity index (χ0) is 10.8. The Morgan fingerprint density at radius 1 is 1.33 bits per heavy atom. The van der Waals surface area contributed by atoms with Crippen molar-refractivity contribution >= 4 is 23.3 Å². The number of halogens is 1. The van der Waals surface area contributed by atoms with Crippen LogP contribution in [0.3, 0.4) is 0 Å². The number of carbonyl (C=O) groups is 1. The molecule has 1 fully saturated rings. The predicted molar refractivity (Wildman–Crippen MR) is 60.0 cm³/mol. The van der Waals surface area contributed by atoms with Gasteiger partial charge in [0, 0.05) is 25.2 Å². The van der Waals surface area contributed by atoms with Gasteiger partial charge in [-0.3, -0.25) is 0 Å². The second kappa shape index (κ2) is 4.08. The van der Waals surface area contributed by atoms with E-state index in [1.54, 1.807) is 24.1 Å². The molecule has 0 aliphatic carbocycles. The van der Waals surface area contributed by atoms with Crippen molar-refractivity contribution in [3.63, 3.8) is 0 Å². The fourth-order valence-corrected chi connectivity index (χ4v) is 1.58. The van der Waals surface area contributed by atoms with Gasteiger partial charge in [-0.05, 0) is 24.3 Å². The maximum Gasteiger partial charge on any atom is 0.338 e. The lowest BCUT2D eigenvalue weighted by molar-refractivity contribution is 0.202. The fraction of sp³-hybridized carbons (Fsp3) is 0.300. The summed E-state index contributed by atoms with van der Waals surface area (Å²) in [5.41, 5.74) is 3.84. The standard InChI is InChI=1S/C10H12ClN3O/c1-13-7-6-12-14(10(13)15)9-4-2-8(11)3-5-9/h2-5,12H,6-7H2,1H3. The van der Waals surface area contributed by atoms with Gasteiger partial charge < -0.3 is 4.90 Å². The minimum atomic E-state index is -0.0522. The van der Waals surface area contributed by atoms with Gasteiger partial charge in [0.1, 0.15) is 0 Å². The van der Waals surface area contributed by atoms with E-state index in [4.69, 9.17) is 11.6 Å². The third kappa shape index (κ3) is 2.06. The van der Waals surface area contributed by atoms with Crippen LogP contribution in [0.1, 0.15) is 0 Å². The van der Waals surface area contributed by atoms with Crippen LogP contribution in [0.25, 0.3) is 0 Å². The summed E-state index contributed by atoms with van der Waals surface area (Å²) < 4.78 is 0. The number of urea groups is 1. The van der Waals surface area contributed by atoms with Gasteiger partial charge in [-0.25, -0.2) is 15.2 Å². The fourth-order valence-electron chi connectivity index (χ4n) is 1.46. The molecule has 1 aliphatic heterocycles. The molecular weight excluding hydrogens is 214 g/mol. The second-order valence-corrected chi connectivity index (χ2v) is 3.86. The maximum absolute atomic E-state index is 11.8. The predicted octanol–water partition coefficient (Wildman–Crippen LogP) is 1.72. The molecule has 2 rings (SSSR count). The van der Waals surface area contributed by atoms with E-state index in [1.165, 1.54) is 5.01 Å². The molecule has 0 bridgehead atoms. The number of carbonyl (C=O) groups excluding carboxylic acids is 1. The number of hydrazine groups is 1. The van der Waals surface area contributed by atoms with E-state index >= 15 is 0 Å². The Bertz CT molecular complexity index is 365. The van der Waals surface area contributed by atoms with Crippen molar-refractivity contribution in [3.05, 3.63) is 29.3 Å². The van der Waals surface area contributed by atoms with Crippen molar-refractivity contribution in [1.82, 2.24) is 10.3 Å². The molecule has 0 aromatic heterocycles. The summed E-state index contributed by atoms with van der Waals surface area (Å²) in [4.78, 5) is 13.4. The van der Waals surface area contributed by atoms with Crippen molar-refractivity contribution in [2.45, 2.75) is 0 Å². The molecule has 80 valence electrons. The Morgan fingerprint density at radius 2 is 2.00 bits per heavy atom. The molecule has 2 amide bonds. The monoisotopic (exact) mass is 225 g/mol. The summed E-state index contributed by atoms with van der Waals surface area (Å²) in [6, 6.07) is 7.10. The molecule has 1 heterocycles. The highest BCUT2D eigenvalue weighted by atomic mass is 35.5. The third-order valence-corrected chi connectivity index (χ3v) is 2.57. The number of hydrogen-bond acceptors (Lipinski definition) is 2. The summed E-state index contributed by atoms with van der Waals surface area (Å²) in [6.07, 6.45) is 0. The first-order valence-corrected chi connectivity index (χ1v) is 5.10. The average molecular weight is 226 g/mol. The second-order valence-electron chi connectivity index (χ2n) is 3.42. The summed E-state index contributed by atoms with van der Waals surface area (Å²) >= 11 is 5.78. The quantitative estimate of drug-likeness (QED) is 0.790. The van der Waals surface area contributed by atoms with Crippen molar-refractivity contribution in [2.24, 2.45) is 0 Å². The van der Waals surface area contributed by atoms with Crippen molar-refractivity contribution in [3.8, 4) is 0 Å². The molecule has 5 heteroatoms. The molecule has 0 atom stereocenters. The Hall–Kier alpha value is -1.26. The lowest BCUT2D eigenvalue weighted by atomic mass is 10.3. The van der Waals surface area contributed by atoms with Crippen LogP contribution in [0.15, 0.2) is 24.3 Å². The van der Waals surface area contributed by atoms with E-state index in [0.717, 1.165) is 18.8 Å². The van der Waals surface area contributed by atoms with Crippen molar-refractivity contribution in [1.29, 1.82) is 0 Å². The first-order chi connectivity index (χ1) is 7.18. The van der Waals surface area contributed by atoms with Gasteiger partial charge in [0.15, 0.2) is 0 Å². The van der Waals surface area contributed by atoms with E-state index < -0.39 is 0 Å². The van der Waals surface area contributed by atoms with Gasteiger partial charge in [0.25, 0.3) is 0 Å². The molecule has 1 aromatic carbocycles. The molecule has 1 N–H and O–H groups in total. The number of likely N-dealkylation sites (N-methyl/N-ethyl adjacent to an activating group) is 1. The zero-order valence-electron chi connectivity index (χ0n) is 8.40. The van der Waals surface area contributed by atoms with Crippen LogP contribution in [-0.4, -0.2) is 31.1 Å². The van der Waals surface area contributed by atoms with Gasteiger partial charge in [0.2, 0.25) is 0 Å². The smallest absolute Gasteiger partial charge is 0.325 e. The number of nitrogens with one attached hydrogen (secondary N) is 1. The van der Waals surface area contributed by atoms with E-state index in [-0.39, 0.29) is 6.03 Å². The van der Waals surface area contributed by atoms with Gasteiger partial charge in [-0.15, -0.1) is 0 Å². The molecule has 15 heavy (non-hydrogen) atoms. The van der Waals surface area contributed by atoms with Crippen molar-refractivity contribution in [2.75, 3.05) is 25.1 Å². The average Bonchev–Trinajstić information content (AvgIpc) is 2.24. The third-order valence-electron chi connectivity index (χ3n) is 2.32. The lowest BCUT2D eigenvalue weighted by Gasteiger charge is -2.33. The first-order valence-electron chi connectivity index (χ1n) is 4.73. The maximum atomic E-state index is 11.8. The Balaban J connectivity index is 2.22. The normalized spacial score (nSPS) is 17.1. The van der Waals surface area contributed by atoms with Crippen LogP contribution in [-0.2, 0) is 0 Å². The number of nitrogens with zero attached hydrogens (tertiary/aromatic N) is 2. The van der Waals surface area contributed by atoms with Gasteiger partial charge in [-0.2, -0.15) is 0 Å². The molecule has 0 spiro atoms. The molecule has 1 saturated heterocycles. The molecule has 0 unspecified atom stereocenters.